The largest absolute Gasteiger partial charge is 0.394 e. The van der Waals surface area contributed by atoms with Gasteiger partial charge in [-0.1, -0.05) is 12.1 Å². The van der Waals surface area contributed by atoms with Crippen LogP contribution in [0.1, 0.15) is 33.7 Å². The zero-order chi connectivity index (χ0) is 17.5. The number of amides is 1. The summed E-state index contributed by atoms with van der Waals surface area (Å²) in [4.78, 5) is 12.4. The van der Waals surface area contributed by atoms with E-state index in [-0.39, 0.29) is 12.5 Å². The van der Waals surface area contributed by atoms with Gasteiger partial charge in [-0.05, 0) is 51.0 Å². The summed E-state index contributed by atoms with van der Waals surface area (Å²) in [6.07, 6.45) is 0.725. The molecule has 2 aromatic rings. The molecule has 0 atom stereocenters. The summed E-state index contributed by atoms with van der Waals surface area (Å²) in [5.41, 5.74) is 4.93. The monoisotopic (exact) mass is 330 g/mol. The fourth-order valence-electron chi connectivity index (χ4n) is 2.80. The first kappa shape index (κ1) is 18.2. The maximum absolute atomic E-state index is 12.4. The number of carbonyl (C=O) groups is 1. The SMILES string of the molecule is Cc1cccc(-n2c(C)cc(C(=O)NCCCOCCO)c2C)c1. The molecular formula is C19H26N2O3. The van der Waals surface area contributed by atoms with E-state index < -0.39 is 0 Å². The average molecular weight is 330 g/mol. The summed E-state index contributed by atoms with van der Waals surface area (Å²) in [5, 5.41) is 11.6. The molecule has 5 nitrogen and oxygen atoms in total. The molecule has 1 aromatic heterocycles. The Morgan fingerprint density at radius 2 is 2.00 bits per heavy atom. The Morgan fingerprint density at radius 3 is 2.71 bits per heavy atom. The minimum absolute atomic E-state index is 0.0251. The molecule has 0 spiro atoms. The van der Waals surface area contributed by atoms with Gasteiger partial charge in [0.1, 0.15) is 0 Å². The molecule has 2 N–H and O–H groups in total. The molecule has 0 fully saturated rings. The predicted molar refractivity (Wildman–Crippen MR) is 94.8 cm³/mol. The highest BCUT2D eigenvalue weighted by molar-refractivity contribution is 5.95. The van der Waals surface area contributed by atoms with Crippen molar-refractivity contribution in [1.29, 1.82) is 0 Å². The van der Waals surface area contributed by atoms with Gasteiger partial charge in [0.05, 0.1) is 18.8 Å². The van der Waals surface area contributed by atoms with Crippen molar-refractivity contribution in [3.63, 3.8) is 0 Å². The quantitative estimate of drug-likeness (QED) is 0.731. The third-order valence-electron chi connectivity index (χ3n) is 3.92. The van der Waals surface area contributed by atoms with E-state index in [1.54, 1.807) is 0 Å². The van der Waals surface area contributed by atoms with Crippen LogP contribution in [-0.4, -0.2) is 41.9 Å². The molecule has 130 valence electrons. The number of aryl methyl sites for hydroxylation is 2. The average Bonchev–Trinajstić information content (AvgIpc) is 2.85. The summed E-state index contributed by atoms with van der Waals surface area (Å²) < 4.78 is 7.28. The van der Waals surface area contributed by atoms with E-state index in [9.17, 15) is 4.79 Å². The van der Waals surface area contributed by atoms with E-state index >= 15 is 0 Å². The molecule has 0 aliphatic heterocycles. The van der Waals surface area contributed by atoms with Gasteiger partial charge in [0, 0.05) is 30.2 Å². The lowest BCUT2D eigenvalue weighted by Crippen LogP contribution is -2.25. The van der Waals surface area contributed by atoms with Crippen molar-refractivity contribution in [3.8, 4) is 5.69 Å². The van der Waals surface area contributed by atoms with Crippen LogP contribution in [0.2, 0.25) is 0 Å². The van der Waals surface area contributed by atoms with E-state index in [1.807, 2.05) is 32.0 Å². The first-order chi connectivity index (χ1) is 11.5. The number of carbonyl (C=O) groups excluding carboxylic acids is 1. The van der Waals surface area contributed by atoms with Gasteiger partial charge >= 0.3 is 0 Å². The van der Waals surface area contributed by atoms with Crippen LogP contribution in [0.3, 0.4) is 0 Å². The van der Waals surface area contributed by atoms with Crippen LogP contribution >= 0.6 is 0 Å². The van der Waals surface area contributed by atoms with E-state index in [0.717, 1.165) is 23.5 Å². The third kappa shape index (κ3) is 4.46. The van der Waals surface area contributed by atoms with Gasteiger partial charge in [0.2, 0.25) is 0 Å². The first-order valence-corrected chi connectivity index (χ1v) is 8.27. The van der Waals surface area contributed by atoms with Crippen LogP contribution in [-0.2, 0) is 4.74 Å². The molecule has 2 rings (SSSR count). The summed E-state index contributed by atoms with van der Waals surface area (Å²) in [6, 6.07) is 10.2. The summed E-state index contributed by atoms with van der Waals surface area (Å²) in [7, 11) is 0. The van der Waals surface area contributed by atoms with Gasteiger partial charge in [-0.25, -0.2) is 0 Å². The van der Waals surface area contributed by atoms with Gasteiger partial charge in [0.25, 0.3) is 5.91 Å². The number of nitrogens with one attached hydrogen (secondary N) is 1. The van der Waals surface area contributed by atoms with Crippen LogP contribution in [0, 0.1) is 20.8 Å². The highest BCUT2D eigenvalue weighted by Gasteiger charge is 2.16. The molecule has 0 bridgehead atoms. The van der Waals surface area contributed by atoms with Crippen molar-refractivity contribution < 1.29 is 14.6 Å². The fraction of sp³-hybridized carbons (Fsp3) is 0.421. The maximum atomic E-state index is 12.4. The van der Waals surface area contributed by atoms with E-state index in [2.05, 4.69) is 28.9 Å². The number of nitrogens with zero attached hydrogens (tertiary/aromatic N) is 1. The summed E-state index contributed by atoms with van der Waals surface area (Å²) in [6.45, 7) is 7.48. The van der Waals surface area contributed by atoms with Gasteiger partial charge < -0.3 is 19.7 Å². The smallest absolute Gasteiger partial charge is 0.253 e. The Balaban J connectivity index is 2.04. The van der Waals surface area contributed by atoms with E-state index in [0.29, 0.717) is 25.3 Å². The fourth-order valence-corrected chi connectivity index (χ4v) is 2.80. The number of ether oxygens (including phenoxy) is 1. The first-order valence-electron chi connectivity index (χ1n) is 8.27. The molecule has 0 radical (unpaired) electrons. The normalized spacial score (nSPS) is 10.8. The van der Waals surface area contributed by atoms with Crippen molar-refractivity contribution in [1.82, 2.24) is 9.88 Å². The van der Waals surface area contributed by atoms with Crippen molar-refractivity contribution >= 4 is 5.91 Å². The zero-order valence-electron chi connectivity index (χ0n) is 14.6. The Labute approximate surface area is 143 Å². The van der Waals surface area contributed by atoms with Crippen molar-refractivity contribution in [2.24, 2.45) is 0 Å². The van der Waals surface area contributed by atoms with Crippen LogP contribution in [0.25, 0.3) is 5.69 Å². The molecule has 24 heavy (non-hydrogen) atoms. The molecule has 0 saturated carbocycles. The number of benzene rings is 1. The minimum atomic E-state index is -0.0656. The Morgan fingerprint density at radius 1 is 1.21 bits per heavy atom. The molecule has 1 amide bonds. The molecule has 0 aliphatic rings. The lowest BCUT2D eigenvalue weighted by Gasteiger charge is -2.11. The molecule has 1 aromatic carbocycles. The van der Waals surface area contributed by atoms with Crippen molar-refractivity contribution in [2.75, 3.05) is 26.4 Å². The van der Waals surface area contributed by atoms with E-state index in [1.165, 1.54) is 5.56 Å². The van der Waals surface area contributed by atoms with Crippen molar-refractivity contribution in [3.05, 3.63) is 52.8 Å². The second-order valence-electron chi connectivity index (χ2n) is 5.90. The summed E-state index contributed by atoms with van der Waals surface area (Å²) in [5.74, 6) is -0.0656. The Kier molecular flexibility index (Phi) is 6.58. The Hall–Kier alpha value is -2.11. The lowest BCUT2D eigenvalue weighted by atomic mass is 10.2. The third-order valence-corrected chi connectivity index (χ3v) is 3.92. The maximum Gasteiger partial charge on any atom is 0.253 e. The lowest BCUT2D eigenvalue weighted by molar-refractivity contribution is 0.0867. The van der Waals surface area contributed by atoms with Crippen LogP contribution in [0.15, 0.2) is 30.3 Å². The highest BCUT2D eigenvalue weighted by Crippen LogP contribution is 2.21. The predicted octanol–water partition coefficient (Wildman–Crippen LogP) is 2.53. The summed E-state index contributed by atoms with van der Waals surface area (Å²) >= 11 is 0. The molecule has 5 heteroatoms. The number of hydrogen-bond acceptors (Lipinski definition) is 3. The zero-order valence-corrected chi connectivity index (χ0v) is 14.6. The highest BCUT2D eigenvalue weighted by atomic mass is 16.5. The van der Waals surface area contributed by atoms with Crippen LogP contribution < -0.4 is 5.32 Å². The second kappa shape index (κ2) is 8.66. The molecule has 0 saturated heterocycles. The Bertz CT molecular complexity index is 692. The van der Waals surface area contributed by atoms with Crippen molar-refractivity contribution in [2.45, 2.75) is 27.2 Å². The number of aliphatic hydroxyl groups excluding tert-OH is 1. The van der Waals surface area contributed by atoms with Gasteiger partial charge in [-0.15, -0.1) is 0 Å². The van der Waals surface area contributed by atoms with Gasteiger partial charge in [-0.3, -0.25) is 4.79 Å². The molecular weight excluding hydrogens is 304 g/mol. The second-order valence-corrected chi connectivity index (χ2v) is 5.90. The van der Waals surface area contributed by atoms with Gasteiger partial charge in [0.15, 0.2) is 0 Å². The molecule has 0 aliphatic carbocycles. The number of hydrogen-bond donors (Lipinski definition) is 2. The van der Waals surface area contributed by atoms with E-state index in [4.69, 9.17) is 9.84 Å². The number of rotatable bonds is 8. The number of aromatic nitrogens is 1. The molecule has 1 heterocycles. The van der Waals surface area contributed by atoms with Gasteiger partial charge in [-0.2, -0.15) is 0 Å². The van der Waals surface area contributed by atoms with Crippen LogP contribution in [0.5, 0.6) is 0 Å². The number of aliphatic hydroxyl groups is 1. The molecule has 0 unspecified atom stereocenters. The standard InChI is InChI=1S/C19H26N2O3/c1-14-6-4-7-17(12-14)21-15(2)13-18(16(21)3)19(23)20-8-5-10-24-11-9-22/h4,6-7,12-13,22H,5,8-11H2,1-3H3,(H,20,23). The minimum Gasteiger partial charge on any atom is -0.394 e. The van der Waals surface area contributed by atoms with Crippen LogP contribution in [0.4, 0.5) is 0 Å². The topological polar surface area (TPSA) is 63.5 Å².